The summed E-state index contributed by atoms with van der Waals surface area (Å²) in [5, 5.41) is 2.84. The number of nitrogens with zero attached hydrogens (tertiary/aromatic N) is 2. The molecule has 1 amide bonds. The van der Waals surface area contributed by atoms with Crippen molar-refractivity contribution < 1.29 is 36.7 Å². The van der Waals surface area contributed by atoms with E-state index in [0.717, 1.165) is 6.07 Å². The van der Waals surface area contributed by atoms with Crippen LogP contribution in [0.2, 0.25) is 0 Å². The second-order valence-corrected chi connectivity index (χ2v) is 8.27. The summed E-state index contributed by atoms with van der Waals surface area (Å²) in [6, 6.07) is 11.5. The Morgan fingerprint density at radius 1 is 1.03 bits per heavy atom. The third-order valence-corrected chi connectivity index (χ3v) is 5.69. The number of pyridine rings is 1. The number of alkyl halides is 3. The summed E-state index contributed by atoms with van der Waals surface area (Å²) < 4.78 is 55.8. The molecule has 0 spiro atoms. The zero-order valence-electron chi connectivity index (χ0n) is 20.5. The van der Waals surface area contributed by atoms with Crippen molar-refractivity contribution in [2.45, 2.75) is 25.2 Å². The Kier molecular flexibility index (Phi) is 7.35. The largest absolute Gasteiger partial charge is 0.494 e. The quantitative estimate of drug-likeness (QED) is 0.334. The summed E-state index contributed by atoms with van der Waals surface area (Å²) in [5.41, 5.74) is 5.42. The monoisotopic (exact) mass is 528 g/mol. The van der Waals surface area contributed by atoms with Gasteiger partial charge in [0, 0.05) is 10.9 Å². The van der Waals surface area contributed by atoms with E-state index in [4.69, 9.17) is 19.6 Å². The average molecular weight is 528 g/mol. The van der Waals surface area contributed by atoms with Gasteiger partial charge < -0.3 is 24.9 Å². The highest BCUT2D eigenvalue weighted by Crippen LogP contribution is 2.37. The van der Waals surface area contributed by atoms with E-state index in [-0.39, 0.29) is 39.6 Å². The topological polar surface area (TPSA) is 130 Å². The van der Waals surface area contributed by atoms with Crippen molar-refractivity contribution in [1.29, 1.82) is 0 Å². The summed E-state index contributed by atoms with van der Waals surface area (Å²) in [4.78, 5) is 33.7. The molecule has 3 N–H and O–H groups in total. The van der Waals surface area contributed by atoms with Crippen LogP contribution in [0.3, 0.4) is 0 Å². The molecule has 0 radical (unpaired) electrons. The number of hydrogen-bond acceptors (Lipinski definition) is 8. The highest BCUT2D eigenvalue weighted by atomic mass is 19.4. The molecule has 0 aliphatic rings. The zero-order chi connectivity index (χ0) is 27.6. The summed E-state index contributed by atoms with van der Waals surface area (Å²) in [6.45, 7) is 1.57. The lowest BCUT2D eigenvalue weighted by atomic mass is 10.1. The summed E-state index contributed by atoms with van der Waals surface area (Å²) >= 11 is 0. The van der Waals surface area contributed by atoms with Crippen LogP contribution in [0.4, 0.5) is 13.2 Å². The number of nitrogens with one attached hydrogen (secondary N) is 1. The van der Waals surface area contributed by atoms with Crippen molar-refractivity contribution in [2.24, 2.45) is 5.73 Å². The molecule has 4 aromatic rings. The maximum atomic E-state index is 13.3. The van der Waals surface area contributed by atoms with Gasteiger partial charge in [-0.15, -0.1) is 0 Å². The Morgan fingerprint density at radius 2 is 1.74 bits per heavy atom. The first kappa shape index (κ1) is 26.6. The minimum Gasteiger partial charge on any atom is -0.494 e. The molecule has 0 unspecified atom stereocenters. The maximum Gasteiger partial charge on any atom is 0.433 e. The van der Waals surface area contributed by atoms with Crippen LogP contribution in [0, 0.1) is 0 Å². The van der Waals surface area contributed by atoms with Crippen LogP contribution in [0.1, 0.15) is 46.5 Å². The molecule has 38 heavy (non-hydrogen) atoms. The first-order valence-corrected chi connectivity index (χ1v) is 11.3. The number of methoxy groups -OCH3 is 2. The second kappa shape index (κ2) is 10.5. The van der Waals surface area contributed by atoms with Gasteiger partial charge in [0.1, 0.15) is 17.0 Å². The lowest BCUT2D eigenvalue weighted by Gasteiger charge is -2.16. The lowest BCUT2D eigenvalue weighted by molar-refractivity contribution is -0.143. The lowest BCUT2D eigenvalue weighted by Crippen LogP contribution is -2.35. The van der Waals surface area contributed by atoms with E-state index in [1.54, 1.807) is 37.3 Å². The number of amides is 1. The van der Waals surface area contributed by atoms with Crippen molar-refractivity contribution in [3.63, 3.8) is 0 Å². The van der Waals surface area contributed by atoms with Gasteiger partial charge in [0.25, 0.3) is 5.91 Å². The minimum atomic E-state index is -4.67. The fourth-order valence-corrected chi connectivity index (χ4v) is 3.86. The molecule has 0 aliphatic carbocycles. The van der Waals surface area contributed by atoms with Crippen LogP contribution in [0.25, 0.3) is 22.4 Å². The van der Waals surface area contributed by atoms with E-state index < -0.39 is 35.8 Å². The van der Waals surface area contributed by atoms with Gasteiger partial charge in [-0.25, -0.2) is 14.8 Å². The van der Waals surface area contributed by atoms with Crippen molar-refractivity contribution in [3.05, 3.63) is 77.3 Å². The molecular formula is C26H23F3N4O5. The Bertz CT molecular complexity index is 1490. The third-order valence-electron chi connectivity index (χ3n) is 5.69. The van der Waals surface area contributed by atoms with Crippen molar-refractivity contribution in [1.82, 2.24) is 15.3 Å². The van der Waals surface area contributed by atoms with Crippen LogP contribution in [0.5, 0.6) is 5.75 Å². The summed E-state index contributed by atoms with van der Waals surface area (Å²) in [5.74, 6) is -1.43. The predicted octanol–water partition coefficient (Wildman–Crippen LogP) is 4.58. The van der Waals surface area contributed by atoms with E-state index in [1.165, 1.54) is 32.4 Å². The number of halogens is 3. The van der Waals surface area contributed by atoms with Crippen molar-refractivity contribution in [2.75, 3.05) is 14.2 Å². The van der Waals surface area contributed by atoms with E-state index in [2.05, 4.69) is 15.3 Å². The van der Waals surface area contributed by atoms with E-state index in [9.17, 15) is 22.8 Å². The number of ether oxygens (including phenoxy) is 2. The normalized spacial score (nSPS) is 13.1. The fourth-order valence-electron chi connectivity index (χ4n) is 3.86. The fraction of sp³-hybridized carbons (Fsp3) is 0.231. The van der Waals surface area contributed by atoms with Gasteiger partial charge in [0.05, 0.1) is 20.3 Å². The first-order valence-electron chi connectivity index (χ1n) is 11.3. The van der Waals surface area contributed by atoms with Gasteiger partial charge >= 0.3 is 12.1 Å². The van der Waals surface area contributed by atoms with E-state index >= 15 is 0 Å². The maximum absolute atomic E-state index is 13.3. The molecule has 0 saturated carbocycles. The van der Waals surface area contributed by atoms with Crippen LogP contribution >= 0.6 is 0 Å². The van der Waals surface area contributed by atoms with Gasteiger partial charge in [-0.1, -0.05) is 30.3 Å². The molecule has 2 aromatic carbocycles. The van der Waals surface area contributed by atoms with Crippen molar-refractivity contribution in [3.8, 4) is 17.2 Å². The Morgan fingerprint density at radius 3 is 2.34 bits per heavy atom. The van der Waals surface area contributed by atoms with Gasteiger partial charge in [-0.05, 0) is 36.8 Å². The van der Waals surface area contributed by atoms with E-state index in [0.29, 0.717) is 5.56 Å². The highest BCUT2D eigenvalue weighted by Gasteiger charge is 2.34. The molecule has 4 rings (SSSR count). The van der Waals surface area contributed by atoms with Gasteiger partial charge in [0.15, 0.2) is 17.5 Å². The molecule has 2 heterocycles. The molecule has 12 heteroatoms. The molecule has 0 fully saturated rings. The van der Waals surface area contributed by atoms with Crippen LogP contribution < -0.4 is 15.8 Å². The predicted molar refractivity (Wildman–Crippen MR) is 130 cm³/mol. The molecule has 0 bridgehead atoms. The molecule has 2 atom stereocenters. The van der Waals surface area contributed by atoms with Crippen molar-refractivity contribution >= 4 is 22.8 Å². The smallest absolute Gasteiger partial charge is 0.433 e. The van der Waals surface area contributed by atoms with Crippen LogP contribution in [-0.2, 0) is 15.7 Å². The molecule has 0 aliphatic heterocycles. The molecular weight excluding hydrogens is 505 g/mol. The van der Waals surface area contributed by atoms with Gasteiger partial charge in [0.2, 0.25) is 5.89 Å². The Labute approximate surface area is 214 Å². The van der Waals surface area contributed by atoms with Gasteiger partial charge in [-0.2, -0.15) is 13.2 Å². The Balaban J connectivity index is 1.79. The number of benzene rings is 2. The number of oxazole rings is 1. The average Bonchev–Trinajstić information content (AvgIpc) is 3.36. The number of fused-ring (bicyclic) bond motifs is 1. The SMILES string of the molecule is COC(=O)[C@@H](NC(=O)c1nc(-c2ccc(OC)c3nc(C(F)(F)F)ccc23)oc1[C@H](C)N)c1ccccc1. The minimum absolute atomic E-state index is 0.0121. The number of esters is 1. The highest BCUT2D eigenvalue weighted by molar-refractivity contribution is 5.99. The standard InChI is InChI=1S/C26H23F3N4O5/c1-13(30)22-21(23(34)32-19(25(35)37-3)14-7-5-4-6-8-14)33-24(38-22)16-9-11-17(36-2)20-15(16)10-12-18(31-20)26(27,28)29/h4-13,19H,30H2,1-3H3,(H,32,34)/t13-,19-/m0/s1. The summed E-state index contributed by atoms with van der Waals surface area (Å²) in [7, 11) is 2.50. The van der Waals surface area contributed by atoms with Crippen LogP contribution in [0.15, 0.2) is 59.0 Å². The molecule has 0 saturated heterocycles. The molecule has 198 valence electrons. The number of hydrogen-bond donors (Lipinski definition) is 2. The van der Waals surface area contributed by atoms with E-state index in [1.807, 2.05) is 0 Å². The number of carbonyl (C=O) groups is 2. The number of rotatable bonds is 7. The van der Waals surface area contributed by atoms with Crippen LogP contribution in [-0.4, -0.2) is 36.1 Å². The van der Waals surface area contributed by atoms with Gasteiger partial charge in [-0.3, -0.25) is 4.79 Å². The third kappa shape index (κ3) is 5.16. The molecule has 2 aromatic heterocycles. The second-order valence-electron chi connectivity index (χ2n) is 8.27. The zero-order valence-corrected chi connectivity index (χ0v) is 20.5. The number of carbonyl (C=O) groups excluding carboxylic acids is 2. The Hall–Kier alpha value is -4.45. The number of nitrogens with two attached hydrogens (primary N) is 1. The molecule has 9 nitrogen and oxygen atoms in total. The number of aromatic nitrogens is 2. The summed E-state index contributed by atoms with van der Waals surface area (Å²) in [6.07, 6.45) is -4.67. The first-order chi connectivity index (χ1) is 18.0.